The van der Waals surface area contributed by atoms with Crippen molar-refractivity contribution in [3.05, 3.63) is 91.0 Å². The summed E-state index contributed by atoms with van der Waals surface area (Å²) in [6.07, 6.45) is 0. The van der Waals surface area contributed by atoms with Crippen LogP contribution in [0.2, 0.25) is 0 Å². The highest BCUT2D eigenvalue weighted by Crippen LogP contribution is 2.37. The van der Waals surface area contributed by atoms with Gasteiger partial charge in [0.25, 0.3) is 0 Å². The Morgan fingerprint density at radius 1 is 0.478 bits per heavy atom. The zero-order valence-electron chi connectivity index (χ0n) is 12.6. The zero-order chi connectivity index (χ0) is 15.6. The highest BCUT2D eigenvalue weighted by molar-refractivity contribution is 5.99. The highest BCUT2D eigenvalue weighted by atomic mass is 16.3. The summed E-state index contributed by atoms with van der Waals surface area (Å²) in [5.74, 6) is 0.316. The summed E-state index contributed by atoms with van der Waals surface area (Å²) in [6, 6.07) is 30.5. The van der Waals surface area contributed by atoms with Crippen LogP contribution in [-0.4, -0.2) is 5.11 Å². The van der Waals surface area contributed by atoms with Crippen LogP contribution in [0.1, 0.15) is 0 Å². The molecule has 0 unspecified atom stereocenters. The Hall–Kier alpha value is -3.06. The molecule has 4 aromatic rings. The fraction of sp³-hybridized carbons (Fsp3) is 0. The average Bonchev–Trinajstić information content (AvgIpc) is 2.63. The van der Waals surface area contributed by atoms with Gasteiger partial charge in [-0.25, -0.2) is 0 Å². The lowest BCUT2D eigenvalue weighted by Crippen LogP contribution is -1.84. The molecular formula is C22H16O. The van der Waals surface area contributed by atoms with E-state index in [1.54, 1.807) is 6.07 Å². The topological polar surface area (TPSA) is 20.2 Å². The van der Waals surface area contributed by atoms with Gasteiger partial charge >= 0.3 is 0 Å². The molecule has 1 heteroatoms. The summed E-state index contributed by atoms with van der Waals surface area (Å²) < 4.78 is 0. The number of benzene rings is 4. The molecule has 0 aliphatic carbocycles. The Bertz CT molecular complexity index is 954. The molecule has 1 N–H and O–H groups in total. The first-order chi connectivity index (χ1) is 11.3. The standard InChI is InChI=1S/C22H16O/c23-21-15-14-18-8-4-5-9-20(18)22(21)19-12-10-17(11-13-19)16-6-2-1-3-7-16/h1-15,23H. The van der Waals surface area contributed by atoms with Crippen molar-refractivity contribution < 1.29 is 5.11 Å². The van der Waals surface area contributed by atoms with Crippen molar-refractivity contribution >= 4 is 10.8 Å². The number of hydrogen-bond acceptors (Lipinski definition) is 1. The lowest BCUT2D eigenvalue weighted by molar-refractivity contribution is 0.478. The van der Waals surface area contributed by atoms with Crippen LogP contribution in [0.25, 0.3) is 33.0 Å². The monoisotopic (exact) mass is 296 g/mol. The second kappa shape index (κ2) is 5.62. The first kappa shape index (κ1) is 13.6. The van der Waals surface area contributed by atoms with Gasteiger partial charge in [0.05, 0.1) is 0 Å². The Kier molecular flexibility index (Phi) is 3.32. The van der Waals surface area contributed by atoms with Gasteiger partial charge in [0.2, 0.25) is 0 Å². The van der Waals surface area contributed by atoms with E-state index in [-0.39, 0.29) is 0 Å². The highest BCUT2D eigenvalue weighted by Gasteiger charge is 2.09. The van der Waals surface area contributed by atoms with Gasteiger partial charge in [-0.05, 0) is 33.5 Å². The minimum absolute atomic E-state index is 0.316. The van der Waals surface area contributed by atoms with Crippen LogP contribution in [0.3, 0.4) is 0 Å². The van der Waals surface area contributed by atoms with Crippen molar-refractivity contribution in [2.75, 3.05) is 0 Å². The number of rotatable bonds is 2. The average molecular weight is 296 g/mol. The van der Waals surface area contributed by atoms with Crippen LogP contribution in [0, 0.1) is 0 Å². The number of phenols is 1. The molecule has 110 valence electrons. The number of phenolic OH excluding ortho intramolecular Hbond substituents is 1. The number of fused-ring (bicyclic) bond motifs is 1. The van der Waals surface area contributed by atoms with Crippen molar-refractivity contribution in [3.63, 3.8) is 0 Å². The van der Waals surface area contributed by atoms with Crippen LogP contribution in [0.4, 0.5) is 0 Å². The second-order valence-electron chi connectivity index (χ2n) is 5.62. The largest absolute Gasteiger partial charge is 0.507 e. The molecule has 0 heterocycles. The fourth-order valence-corrected chi connectivity index (χ4v) is 3.02. The van der Waals surface area contributed by atoms with Crippen LogP contribution >= 0.6 is 0 Å². The van der Waals surface area contributed by atoms with E-state index in [0.29, 0.717) is 5.75 Å². The number of hydrogen-bond donors (Lipinski definition) is 1. The minimum atomic E-state index is 0.316. The summed E-state index contributed by atoms with van der Waals surface area (Å²) in [4.78, 5) is 0. The molecular weight excluding hydrogens is 280 g/mol. The molecule has 4 aromatic carbocycles. The summed E-state index contributed by atoms with van der Waals surface area (Å²) in [5, 5.41) is 12.5. The van der Waals surface area contributed by atoms with Crippen LogP contribution in [0.5, 0.6) is 5.75 Å². The normalized spacial score (nSPS) is 10.8. The summed E-state index contributed by atoms with van der Waals surface area (Å²) >= 11 is 0. The van der Waals surface area contributed by atoms with E-state index in [4.69, 9.17) is 0 Å². The maximum Gasteiger partial charge on any atom is 0.124 e. The Balaban J connectivity index is 1.84. The molecule has 0 saturated heterocycles. The van der Waals surface area contributed by atoms with Gasteiger partial charge in [-0.2, -0.15) is 0 Å². The van der Waals surface area contributed by atoms with Crippen molar-refractivity contribution in [2.24, 2.45) is 0 Å². The molecule has 0 aliphatic rings. The number of aromatic hydroxyl groups is 1. The maximum atomic E-state index is 10.3. The van der Waals surface area contributed by atoms with E-state index in [1.807, 2.05) is 36.4 Å². The van der Waals surface area contributed by atoms with E-state index in [0.717, 1.165) is 21.9 Å². The van der Waals surface area contributed by atoms with Gasteiger partial charge in [0.1, 0.15) is 5.75 Å². The summed E-state index contributed by atoms with van der Waals surface area (Å²) in [7, 11) is 0. The van der Waals surface area contributed by atoms with E-state index < -0.39 is 0 Å². The van der Waals surface area contributed by atoms with E-state index in [9.17, 15) is 5.11 Å². The smallest absolute Gasteiger partial charge is 0.124 e. The predicted molar refractivity (Wildman–Crippen MR) is 96.5 cm³/mol. The van der Waals surface area contributed by atoms with Crippen molar-refractivity contribution in [1.82, 2.24) is 0 Å². The van der Waals surface area contributed by atoms with E-state index in [1.165, 1.54) is 11.1 Å². The van der Waals surface area contributed by atoms with Crippen LogP contribution in [-0.2, 0) is 0 Å². The molecule has 0 bridgehead atoms. The molecule has 0 saturated carbocycles. The van der Waals surface area contributed by atoms with E-state index in [2.05, 4.69) is 48.5 Å². The lowest BCUT2D eigenvalue weighted by Gasteiger charge is -2.10. The summed E-state index contributed by atoms with van der Waals surface area (Å²) in [5.41, 5.74) is 4.29. The molecule has 4 rings (SSSR count). The first-order valence-corrected chi connectivity index (χ1v) is 7.69. The summed E-state index contributed by atoms with van der Waals surface area (Å²) in [6.45, 7) is 0. The molecule has 0 aromatic heterocycles. The third kappa shape index (κ3) is 2.47. The molecule has 0 spiro atoms. The molecule has 1 nitrogen and oxygen atoms in total. The van der Waals surface area contributed by atoms with Crippen LogP contribution in [0.15, 0.2) is 91.0 Å². The molecule has 0 aliphatic heterocycles. The quantitative estimate of drug-likeness (QED) is 0.490. The fourth-order valence-electron chi connectivity index (χ4n) is 3.02. The molecule has 0 radical (unpaired) electrons. The third-order valence-corrected chi connectivity index (χ3v) is 4.19. The first-order valence-electron chi connectivity index (χ1n) is 7.69. The van der Waals surface area contributed by atoms with Crippen LogP contribution < -0.4 is 0 Å². The van der Waals surface area contributed by atoms with Gasteiger partial charge in [0, 0.05) is 5.56 Å². The van der Waals surface area contributed by atoms with Gasteiger partial charge in [-0.15, -0.1) is 0 Å². The Morgan fingerprint density at radius 2 is 1.09 bits per heavy atom. The van der Waals surface area contributed by atoms with Crippen molar-refractivity contribution in [1.29, 1.82) is 0 Å². The van der Waals surface area contributed by atoms with Gasteiger partial charge in [0.15, 0.2) is 0 Å². The zero-order valence-corrected chi connectivity index (χ0v) is 12.6. The third-order valence-electron chi connectivity index (χ3n) is 4.19. The SMILES string of the molecule is Oc1ccc2ccccc2c1-c1ccc(-c2ccccc2)cc1. The predicted octanol–water partition coefficient (Wildman–Crippen LogP) is 5.88. The maximum absolute atomic E-state index is 10.3. The lowest BCUT2D eigenvalue weighted by atomic mass is 9.95. The minimum Gasteiger partial charge on any atom is -0.507 e. The molecule has 0 fully saturated rings. The molecule has 23 heavy (non-hydrogen) atoms. The van der Waals surface area contributed by atoms with Crippen molar-refractivity contribution in [2.45, 2.75) is 0 Å². The molecule has 0 atom stereocenters. The van der Waals surface area contributed by atoms with Gasteiger partial charge in [-0.1, -0.05) is 84.9 Å². The Labute approximate surface area is 135 Å². The van der Waals surface area contributed by atoms with Gasteiger partial charge in [-0.3, -0.25) is 0 Å². The van der Waals surface area contributed by atoms with Crippen molar-refractivity contribution in [3.8, 4) is 28.0 Å². The van der Waals surface area contributed by atoms with Gasteiger partial charge < -0.3 is 5.11 Å². The Morgan fingerprint density at radius 3 is 1.87 bits per heavy atom. The second-order valence-corrected chi connectivity index (χ2v) is 5.62. The molecule has 0 amide bonds. The van der Waals surface area contributed by atoms with E-state index >= 15 is 0 Å².